The highest BCUT2D eigenvalue weighted by molar-refractivity contribution is 5.85. The molecule has 0 aliphatic carbocycles. The van der Waals surface area contributed by atoms with Crippen molar-refractivity contribution in [2.24, 2.45) is 0 Å². The molecule has 0 radical (unpaired) electrons. The van der Waals surface area contributed by atoms with E-state index in [4.69, 9.17) is 4.74 Å². The zero-order valence-corrected chi connectivity index (χ0v) is 16.1. The molecule has 1 aromatic heterocycles. The number of hydrogen-bond acceptors (Lipinski definition) is 3. The Kier molecular flexibility index (Phi) is 4.44. The molecule has 1 aliphatic rings. The summed E-state index contributed by atoms with van der Waals surface area (Å²) in [6.45, 7) is 12.3. The Morgan fingerprint density at radius 1 is 0.963 bits per heavy atom. The van der Waals surface area contributed by atoms with Crippen molar-refractivity contribution < 1.29 is 4.74 Å². The normalized spacial score (nSPS) is 12.2. The van der Waals surface area contributed by atoms with Gasteiger partial charge in [-0.2, -0.15) is 0 Å². The Morgan fingerprint density at radius 2 is 1.78 bits per heavy atom. The molecular formula is C24H24N2O. The maximum Gasteiger partial charge on any atom is 0.137 e. The summed E-state index contributed by atoms with van der Waals surface area (Å²) in [5.74, 6) is 1.73. The van der Waals surface area contributed by atoms with Crippen molar-refractivity contribution in [3.63, 3.8) is 0 Å². The van der Waals surface area contributed by atoms with Gasteiger partial charge in [-0.05, 0) is 50.3 Å². The van der Waals surface area contributed by atoms with E-state index in [2.05, 4.69) is 66.7 Å². The first kappa shape index (κ1) is 17.3. The van der Waals surface area contributed by atoms with E-state index in [0.29, 0.717) is 0 Å². The number of anilines is 1. The number of nitrogens with zero attached hydrogens (tertiary/aromatic N) is 2. The first-order valence-corrected chi connectivity index (χ1v) is 9.44. The van der Waals surface area contributed by atoms with E-state index < -0.39 is 0 Å². The van der Waals surface area contributed by atoms with Gasteiger partial charge in [-0.25, -0.2) is 0 Å². The van der Waals surface area contributed by atoms with Crippen LogP contribution in [0.3, 0.4) is 0 Å². The highest BCUT2D eigenvalue weighted by Crippen LogP contribution is 2.38. The average Bonchev–Trinajstić information content (AvgIpc) is 2.67. The molecule has 3 aromatic rings. The molecule has 0 unspecified atom stereocenters. The van der Waals surface area contributed by atoms with Crippen LogP contribution in [0.15, 0.2) is 54.7 Å². The smallest absolute Gasteiger partial charge is 0.137 e. The molecule has 0 fully saturated rings. The number of fused-ring (bicyclic) bond motifs is 2. The van der Waals surface area contributed by atoms with E-state index in [1.54, 1.807) is 0 Å². The summed E-state index contributed by atoms with van der Waals surface area (Å²) in [4.78, 5) is 6.83. The van der Waals surface area contributed by atoms with Gasteiger partial charge in [-0.3, -0.25) is 4.98 Å². The lowest BCUT2D eigenvalue weighted by Crippen LogP contribution is -2.23. The van der Waals surface area contributed by atoms with Gasteiger partial charge in [0, 0.05) is 58.7 Å². The van der Waals surface area contributed by atoms with Crippen LogP contribution in [0.1, 0.15) is 30.7 Å². The lowest BCUT2D eigenvalue weighted by atomic mass is 9.93. The van der Waals surface area contributed by atoms with Crippen LogP contribution >= 0.6 is 0 Å². The van der Waals surface area contributed by atoms with Crippen LogP contribution in [0, 0.1) is 6.92 Å². The lowest BCUT2D eigenvalue weighted by Gasteiger charge is -2.25. The van der Waals surface area contributed by atoms with Crippen molar-refractivity contribution in [1.82, 2.24) is 4.98 Å². The van der Waals surface area contributed by atoms with Crippen LogP contribution in [0.25, 0.3) is 12.2 Å². The minimum absolute atomic E-state index is 0.849. The first-order chi connectivity index (χ1) is 13.1. The fourth-order valence-electron chi connectivity index (χ4n) is 3.64. The van der Waals surface area contributed by atoms with E-state index in [1.165, 1.54) is 5.69 Å². The molecule has 136 valence electrons. The Hall–Kier alpha value is -3.07. The number of rotatable bonds is 4. The van der Waals surface area contributed by atoms with Crippen molar-refractivity contribution >= 4 is 17.8 Å². The second-order valence-corrected chi connectivity index (χ2v) is 6.85. The van der Waals surface area contributed by atoms with Crippen LogP contribution in [-0.4, -0.2) is 18.1 Å². The van der Waals surface area contributed by atoms with Crippen LogP contribution in [0.4, 0.5) is 5.69 Å². The van der Waals surface area contributed by atoms with E-state index in [9.17, 15) is 0 Å². The van der Waals surface area contributed by atoms with Crippen LogP contribution in [-0.2, 0) is 0 Å². The molecule has 1 aliphatic heterocycles. The van der Waals surface area contributed by atoms with E-state index in [0.717, 1.165) is 57.4 Å². The molecule has 27 heavy (non-hydrogen) atoms. The maximum absolute atomic E-state index is 6.31. The Labute approximate surface area is 160 Å². The highest BCUT2D eigenvalue weighted by Gasteiger charge is 2.21. The summed E-state index contributed by atoms with van der Waals surface area (Å²) in [5.41, 5.74) is 5.54. The van der Waals surface area contributed by atoms with Gasteiger partial charge >= 0.3 is 0 Å². The zero-order chi connectivity index (χ0) is 19.0. The highest BCUT2D eigenvalue weighted by atomic mass is 16.5. The van der Waals surface area contributed by atoms with Gasteiger partial charge in [0.15, 0.2) is 0 Å². The van der Waals surface area contributed by atoms with Crippen molar-refractivity contribution in [3.05, 3.63) is 82.0 Å². The summed E-state index contributed by atoms with van der Waals surface area (Å²) in [6.07, 6.45) is 1.94. The quantitative estimate of drug-likeness (QED) is 0.553. The zero-order valence-electron chi connectivity index (χ0n) is 16.1. The molecule has 0 spiro atoms. The lowest BCUT2D eigenvalue weighted by molar-refractivity contribution is 0.472. The molecule has 0 atom stereocenters. The van der Waals surface area contributed by atoms with Crippen molar-refractivity contribution in [2.75, 3.05) is 18.0 Å². The molecule has 0 bridgehead atoms. The van der Waals surface area contributed by atoms with E-state index in [-0.39, 0.29) is 0 Å². The Morgan fingerprint density at radius 3 is 2.48 bits per heavy atom. The summed E-state index contributed by atoms with van der Waals surface area (Å²) in [5, 5.41) is 2.02. The van der Waals surface area contributed by atoms with Gasteiger partial charge in [0.05, 0.1) is 0 Å². The number of hydrogen-bond donors (Lipinski definition) is 0. The maximum atomic E-state index is 6.31. The number of aromatic nitrogens is 1. The second kappa shape index (κ2) is 6.92. The average molecular weight is 356 g/mol. The molecule has 3 nitrogen and oxygen atoms in total. The molecule has 0 saturated heterocycles. The van der Waals surface area contributed by atoms with E-state index >= 15 is 0 Å². The minimum Gasteiger partial charge on any atom is -0.456 e. The monoisotopic (exact) mass is 356 g/mol. The van der Waals surface area contributed by atoms with Gasteiger partial charge < -0.3 is 9.64 Å². The largest absolute Gasteiger partial charge is 0.456 e. The predicted octanol–water partition coefficient (Wildman–Crippen LogP) is 4.00. The number of ether oxygens (including phenoxy) is 1. The molecule has 3 heteroatoms. The summed E-state index contributed by atoms with van der Waals surface area (Å²) < 4.78 is 6.31. The third-order valence-electron chi connectivity index (χ3n) is 5.10. The summed E-state index contributed by atoms with van der Waals surface area (Å²) in [6, 6.07) is 16.8. The van der Waals surface area contributed by atoms with Crippen LogP contribution in [0.2, 0.25) is 0 Å². The van der Waals surface area contributed by atoms with Gasteiger partial charge in [0.1, 0.15) is 11.5 Å². The van der Waals surface area contributed by atoms with Gasteiger partial charge in [0.2, 0.25) is 0 Å². The SMILES string of the molecule is C=c1ccc2c(c1)Oc1cc(N(CC)CC)ccc1C=2c1ccc(C)nc1. The van der Waals surface area contributed by atoms with Crippen LogP contribution in [0.5, 0.6) is 11.5 Å². The molecule has 0 saturated carbocycles. The minimum atomic E-state index is 0.849. The number of benzene rings is 2. The third-order valence-corrected chi connectivity index (χ3v) is 5.10. The Bertz CT molecular complexity index is 1100. The van der Waals surface area contributed by atoms with Gasteiger partial charge in [0.25, 0.3) is 0 Å². The summed E-state index contributed by atoms with van der Waals surface area (Å²) >= 11 is 0. The molecule has 0 N–H and O–H groups in total. The van der Waals surface area contributed by atoms with Crippen molar-refractivity contribution in [1.29, 1.82) is 0 Å². The predicted molar refractivity (Wildman–Crippen MR) is 112 cm³/mol. The third kappa shape index (κ3) is 3.10. The fourth-order valence-corrected chi connectivity index (χ4v) is 3.64. The molecular weight excluding hydrogens is 332 g/mol. The number of aryl methyl sites for hydroxylation is 1. The summed E-state index contributed by atoms with van der Waals surface area (Å²) in [7, 11) is 0. The van der Waals surface area contributed by atoms with Gasteiger partial charge in [-0.15, -0.1) is 0 Å². The topological polar surface area (TPSA) is 25.4 Å². The fraction of sp³-hybridized carbons (Fsp3) is 0.208. The molecule has 2 heterocycles. The standard InChI is InChI=1S/C24H24N2O/c1-5-26(6-2)19-10-12-21-23(14-19)27-22-13-16(3)7-11-20(22)24(21)18-9-8-17(4)25-15-18/h7-15H,3,5-6H2,1-2,4H3. The van der Waals surface area contributed by atoms with Crippen LogP contribution < -0.4 is 20.1 Å². The van der Waals surface area contributed by atoms with Gasteiger partial charge in [-0.1, -0.05) is 24.8 Å². The molecule has 0 amide bonds. The van der Waals surface area contributed by atoms with Crippen molar-refractivity contribution in [3.8, 4) is 11.5 Å². The first-order valence-electron chi connectivity index (χ1n) is 9.44. The number of pyridine rings is 1. The van der Waals surface area contributed by atoms with E-state index in [1.807, 2.05) is 25.3 Å². The molecule has 2 aromatic carbocycles. The Balaban J connectivity index is 1.98. The molecule has 4 rings (SSSR count). The van der Waals surface area contributed by atoms with Crippen molar-refractivity contribution in [2.45, 2.75) is 20.8 Å². The second-order valence-electron chi connectivity index (χ2n) is 6.85.